The summed E-state index contributed by atoms with van der Waals surface area (Å²) in [5.41, 5.74) is 6.02. The molecule has 0 aliphatic heterocycles. The van der Waals surface area contributed by atoms with Crippen LogP contribution < -0.4 is 4.90 Å². The molecule has 0 atom stereocenters. The fourth-order valence-electron chi connectivity index (χ4n) is 3.58. The van der Waals surface area contributed by atoms with Gasteiger partial charge in [-0.2, -0.15) is 9.61 Å². The Kier molecular flexibility index (Phi) is 5.61. The Balaban J connectivity index is 2.24. The van der Waals surface area contributed by atoms with Crippen molar-refractivity contribution in [3.05, 3.63) is 40.2 Å². The molecule has 3 aromatic rings. The van der Waals surface area contributed by atoms with Crippen LogP contribution >= 0.6 is 11.6 Å². The van der Waals surface area contributed by atoms with E-state index in [1.807, 2.05) is 17.5 Å². The predicted molar refractivity (Wildman–Crippen MR) is 110 cm³/mol. The van der Waals surface area contributed by atoms with Gasteiger partial charge in [-0.3, -0.25) is 0 Å². The largest absolute Gasteiger partial charge is 0.439 e. The van der Waals surface area contributed by atoms with Crippen LogP contribution in [0.3, 0.4) is 0 Å². The first-order valence-corrected chi connectivity index (χ1v) is 9.91. The van der Waals surface area contributed by atoms with Crippen molar-refractivity contribution in [3.63, 3.8) is 0 Å². The van der Waals surface area contributed by atoms with Gasteiger partial charge in [-0.25, -0.2) is 0 Å². The molecule has 0 bridgehead atoms. The molecule has 0 amide bonds. The van der Waals surface area contributed by atoms with E-state index in [0.29, 0.717) is 0 Å². The van der Waals surface area contributed by atoms with Gasteiger partial charge in [0.15, 0.2) is 0 Å². The lowest BCUT2D eigenvalue weighted by molar-refractivity contribution is 0.551. The van der Waals surface area contributed by atoms with Crippen LogP contribution in [0.4, 0.5) is 5.69 Å². The first-order valence-electron chi connectivity index (χ1n) is 9.54. The SMILES string of the molecule is CCCN(CCC)c1c(C)nn2c(-c3ccc(C)cc3Cl)c(CC)oc12. The Labute approximate surface area is 160 Å². The quantitative estimate of drug-likeness (QED) is 0.505. The van der Waals surface area contributed by atoms with Gasteiger partial charge in [0.2, 0.25) is 5.71 Å². The number of oxazole rings is 1. The summed E-state index contributed by atoms with van der Waals surface area (Å²) in [6.45, 7) is 12.6. The number of halogens is 1. The first-order chi connectivity index (χ1) is 12.5. The van der Waals surface area contributed by atoms with Crippen molar-refractivity contribution in [2.45, 2.75) is 53.9 Å². The molecule has 0 spiro atoms. The molecule has 140 valence electrons. The summed E-state index contributed by atoms with van der Waals surface area (Å²) in [7, 11) is 0. The van der Waals surface area contributed by atoms with Crippen LogP contribution in [0, 0.1) is 13.8 Å². The second-order valence-corrected chi connectivity index (χ2v) is 7.26. The zero-order chi connectivity index (χ0) is 18.8. The van der Waals surface area contributed by atoms with Crippen molar-refractivity contribution in [1.29, 1.82) is 0 Å². The van der Waals surface area contributed by atoms with E-state index in [0.717, 1.165) is 77.1 Å². The Morgan fingerprint density at radius 2 is 1.81 bits per heavy atom. The molecule has 2 aromatic heterocycles. The molecular formula is C21H28ClN3O. The molecule has 2 heterocycles. The van der Waals surface area contributed by atoms with Crippen molar-refractivity contribution in [3.8, 4) is 11.3 Å². The maximum absolute atomic E-state index is 6.57. The van der Waals surface area contributed by atoms with E-state index in [-0.39, 0.29) is 0 Å². The van der Waals surface area contributed by atoms with Crippen LogP contribution in [-0.2, 0) is 6.42 Å². The molecule has 3 rings (SSSR count). The summed E-state index contributed by atoms with van der Waals surface area (Å²) in [6, 6.07) is 6.14. The van der Waals surface area contributed by atoms with Crippen LogP contribution in [0.2, 0.25) is 5.02 Å². The number of benzene rings is 1. The highest BCUT2D eigenvalue weighted by molar-refractivity contribution is 6.33. The molecule has 0 aliphatic rings. The third kappa shape index (κ3) is 3.23. The molecule has 0 saturated carbocycles. The number of rotatable bonds is 7. The fraction of sp³-hybridized carbons (Fsp3) is 0.476. The normalized spacial score (nSPS) is 11.5. The summed E-state index contributed by atoms with van der Waals surface area (Å²) < 4.78 is 8.26. The number of anilines is 1. The molecule has 0 N–H and O–H groups in total. The Bertz CT molecular complexity index is 904. The zero-order valence-electron chi connectivity index (χ0n) is 16.4. The van der Waals surface area contributed by atoms with Crippen molar-refractivity contribution < 1.29 is 4.42 Å². The number of nitrogens with zero attached hydrogens (tertiary/aromatic N) is 3. The predicted octanol–water partition coefficient (Wildman–Crippen LogP) is 6.05. The molecule has 5 heteroatoms. The average molecular weight is 374 g/mol. The van der Waals surface area contributed by atoms with Crippen LogP contribution in [0.5, 0.6) is 0 Å². The monoisotopic (exact) mass is 373 g/mol. The topological polar surface area (TPSA) is 33.7 Å². The third-order valence-electron chi connectivity index (χ3n) is 4.69. The Morgan fingerprint density at radius 3 is 2.38 bits per heavy atom. The Hall–Kier alpha value is -1.94. The molecule has 4 nitrogen and oxygen atoms in total. The number of aromatic nitrogens is 2. The van der Waals surface area contributed by atoms with Gasteiger partial charge in [-0.1, -0.05) is 44.5 Å². The molecule has 0 aliphatic carbocycles. The maximum Gasteiger partial charge on any atom is 0.246 e. The van der Waals surface area contributed by atoms with Gasteiger partial charge in [0.05, 0.1) is 10.7 Å². The third-order valence-corrected chi connectivity index (χ3v) is 5.00. The van der Waals surface area contributed by atoms with Gasteiger partial charge in [0.25, 0.3) is 0 Å². The number of aryl methyl sites for hydroxylation is 3. The van der Waals surface area contributed by atoms with Gasteiger partial charge in [0.1, 0.15) is 17.1 Å². The maximum atomic E-state index is 6.57. The van der Waals surface area contributed by atoms with E-state index in [1.165, 1.54) is 0 Å². The highest BCUT2D eigenvalue weighted by Crippen LogP contribution is 2.38. The van der Waals surface area contributed by atoms with Crippen LogP contribution in [0.25, 0.3) is 17.0 Å². The standard InChI is InChI=1S/C21H28ClN3O/c1-6-11-24(12-7-2)19-15(5)23-25-20(18(8-3)26-21(19)25)16-10-9-14(4)13-17(16)22/h9-10,13H,6-8,11-12H2,1-5H3. The number of hydrogen-bond acceptors (Lipinski definition) is 3. The van der Waals surface area contributed by atoms with Crippen molar-refractivity contribution in [1.82, 2.24) is 9.61 Å². The van der Waals surface area contributed by atoms with Crippen molar-refractivity contribution in [2.75, 3.05) is 18.0 Å². The number of hydrogen-bond donors (Lipinski definition) is 0. The van der Waals surface area contributed by atoms with Gasteiger partial charge in [-0.15, -0.1) is 0 Å². The smallest absolute Gasteiger partial charge is 0.246 e. The molecule has 0 saturated heterocycles. The van der Waals surface area contributed by atoms with E-state index in [2.05, 4.69) is 44.7 Å². The Morgan fingerprint density at radius 1 is 1.12 bits per heavy atom. The second kappa shape index (κ2) is 7.75. The number of fused-ring (bicyclic) bond motifs is 1. The lowest BCUT2D eigenvalue weighted by Gasteiger charge is -2.22. The minimum absolute atomic E-state index is 0.732. The van der Waals surface area contributed by atoms with Gasteiger partial charge in [0, 0.05) is 25.1 Å². The van der Waals surface area contributed by atoms with Gasteiger partial charge < -0.3 is 9.32 Å². The highest BCUT2D eigenvalue weighted by Gasteiger charge is 2.25. The lowest BCUT2D eigenvalue weighted by atomic mass is 10.1. The van der Waals surface area contributed by atoms with E-state index in [1.54, 1.807) is 0 Å². The summed E-state index contributed by atoms with van der Waals surface area (Å²) in [4.78, 5) is 2.39. The van der Waals surface area contributed by atoms with E-state index < -0.39 is 0 Å². The molecular weight excluding hydrogens is 346 g/mol. The molecule has 26 heavy (non-hydrogen) atoms. The first kappa shape index (κ1) is 18.8. The summed E-state index contributed by atoms with van der Waals surface area (Å²) in [5, 5.41) is 5.56. The van der Waals surface area contributed by atoms with Crippen LogP contribution in [-0.4, -0.2) is 22.7 Å². The van der Waals surface area contributed by atoms with Gasteiger partial charge >= 0.3 is 0 Å². The van der Waals surface area contributed by atoms with E-state index >= 15 is 0 Å². The van der Waals surface area contributed by atoms with Crippen molar-refractivity contribution in [2.24, 2.45) is 0 Å². The average Bonchev–Trinajstić information content (AvgIpc) is 3.09. The zero-order valence-corrected chi connectivity index (χ0v) is 17.2. The van der Waals surface area contributed by atoms with Crippen LogP contribution in [0.1, 0.15) is 50.6 Å². The minimum atomic E-state index is 0.732. The molecule has 1 aromatic carbocycles. The second-order valence-electron chi connectivity index (χ2n) is 6.85. The summed E-state index contributed by atoms with van der Waals surface area (Å²) in [5.74, 6) is 0.924. The minimum Gasteiger partial charge on any atom is -0.439 e. The molecule has 0 fully saturated rings. The van der Waals surface area contributed by atoms with E-state index in [4.69, 9.17) is 21.1 Å². The van der Waals surface area contributed by atoms with Crippen molar-refractivity contribution >= 4 is 23.0 Å². The molecule has 0 unspecified atom stereocenters. The van der Waals surface area contributed by atoms with Crippen LogP contribution in [0.15, 0.2) is 22.6 Å². The summed E-state index contributed by atoms with van der Waals surface area (Å²) in [6.07, 6.45) is 2.98. The van der Waals surface area contributed by atoms with Gasteiger partial charge in [-0.05, 0) is 38.3 Å². The highest BCUT2D eigenvalue weighted by atomic mass is 35.5. The summed E-state index contributed by atoms with van der Waals surface area (Å²) >= 11 is 6.57. The molecule has 0 radical (unpaired) electrons. The lowest BCUT2D eigenvalue weighted by Crippen LogP contribution is -2.25. The van der Waals surface area contributed by atoms with E-state index in [9.17, 15) is 0 Å². The fourth-order valence-corrected chi connectivity index (χ4v) is 3.90.